The van der Waals surface area contributed by atoms with E-state index in [1.165, 1.54) is 19.3 Å². The minimum absolute atomic E-state index is 0.597. The molecule has 0 spiro atoms. The lowest BCUT2D eigenvalue weighted by molar-refractivity contribution is 0.0767. The quantitative estimate of drug-likeness (QED) is 0.527. The third-order valence-electron chi connectivity index (χ3n) is 4.17. The van der Waals surface area contributed by atoms with Crippen molar-refractivity contribution in [1.82, 2.24) is 15.5 Å². The van der Waals surface area contributed by atoms with Crippen molar-refractivity contribution in [3.8, 4) is 6.19 Å². The van der Waals surface area contributed by atoms with Gasteiger partial charge in [0.1, 0.15) is 0 Å². The molecule has 1 heterocycles. The molecule has 0 aromatic rings. The second kappa shape index (κ2) is 5.37. The molecule has 1 saturated carbocycles. The normalized spacial score (nSPS) is 34.4. The number of hydrogen-bond acceptors (Lipinski definition) is 5. The highest BCUT2D eigenvalue weighted by Crippen LogP contribution is 2.32. The first-order valence-corrected chi connectivity index (χ1v) is 6.40. The van der Waals surface area contributed by atoms with Crippen molar-refractivity contribution >= 4 is 5.96 Å². The minimum Gasteiger partial charge on any atom is -0.343 e. The molecule has 1 aliphatic carbocycles. The van der Waals surface area contributed by atoms with Crippen molar-refractivity contribution < 1.29 is 0 Å². The van der Waals surface area contributed by atoms with Crippen LogP contribution in [-0.4, -0.2) is 30.2 Å². The molecule has 5 heteroatoms. The SMILES string of the molecule is C[C@H]1[C@H](C)CCC[C@@H]1N1CN=C(NC#N)NC1. The van der Waals surface area contributed by atoms with E-state index in [-0.39, 0.29) is 0 Å². The maximum atomic E-state index is 8.51. The van der Waals surface area contributed by atoms with Gasteiger partial charge < -0.3 is 5.32 Å². The monoisotopic (exact) mass is 235 g/mol. The molecule has 2 N–H and O–H groups in total. The lowest BCUT2D eigenvalue weighted by Crippen LogP contribution is -2.53. The molecular formula is C12H21N5. The summed E-state index contributed by atoms with van der Waals surface area (Å²) in [6.45, 7) is 6.18. The van der Waals surface area contributed by atoms with Crippen LogP contribution in [0.5, 0.6) is 0 Å². The van der Waals surface area contributed by atoms with Gasteiger partial charge in [0.05, 0.1) is 13.3 Å². The Morgan fingerprint density at radius 2 is 2.29 bits per heavy atom. The zero-order chi connectivity index (χ0) is 12.3. The Hall–Kier alpha value is -1.28. The lowest BCUT2D eigenvalue weighted by Gasteiger charge is -2.42. The van der Waals surface area contributed by atoms with Crippen LogP contribution >= 0.6 is 0 Å². The van der Waals surface area contributed by atoms with Gasteiger partial charge in [-0.3, -0.25) is 10.2 Å². The Morgan fingerprint density at radius 1 is 1.47 bits per heavy atom. The molecule has 1 fully saturated rings. The van der Waals surface area contributed by atoms with Crippen LogP contribution in [0.3, 0.4) is 0 Å². The smallest absolute Gasteiger partial charge is 0.207 e. The summed E-state index contributed by atoms with van der Waals surface area (Å²) in [6, 6.07) is 0.624. The molecule has 3 atom stereocenters. The van der Waals surface area contributed by atoms with Crippen molar-refractivity contribution in [2.24, 2.45) is 16.8 Å². The second-order valence-electron chi connectivity index (χ2n) is 5.14. The fraction of sp³-hybridized carbons (Fsp3) is 0.833. The fourth-order valence-electron chi connectivity index (χ4n) is 2.87. The van der Waals surface area contributed by atoms with Crippen LogP contribution < -0.4 is 10.6 Å². The van der Waals surface area contributed by atoms with Crippen molar-refractivity contribution in [3.63, 3.8) is 0 Å². The third-order valence-corrected chi connectivity index (χ3v) is 4.17. The molecule has 5 nitrogen and oxygen atoms in total. The highest BCUT2D eigenvalue weighted by molar-refractivity contribution is 5.81. The van der Waals surface area contributed by atoms with E-state index in [1.807, 2.05) is 6.19 Å². The Labute approximate surface area is 103 Å². The first-order valence-electron chi connectivity index (χ1n) is 6.40. The molecule has 0 amide bonds. The molecule has 0 aromatic heterocycles. The van der Waals surface area contributed by atoms with Crippen molar-refractivity contribution in [2.45, 2.75) is 39.2 Å². The predicted octanol–water partition coefficient (Wildman–Crippen LogP) is 1.06. The topological polar surface area (TPSA) is 63.5 Å². The lowest BCUT2D eigenvalue weighted by atomic mass is 9.77. The molecule has 0 unspecified atom stereocenters. The highest BCUT2D eigenvalue weighted by Gasteiger charge is 2.32. The third kappa shape index (κ3) is 2.70. The maximum Gasteiger partial charge on any atom is 0.207 e. The summed E-state index contributed by atoms with van der Waals surface area (Å²) in [5.74, 6) is 2.13. The first-order chi connectivity index (χ1) is 8.22. The van der Waals surface area contributed by atoms with Gasteiger partial charge in [-0.1, -0.05) is 26.7 Å². The zero-order valence-corrected chi connectivity index (χ0v) is 10.6. The van der Waals surface area contributed by atoms with Crippen LogP contribution in [0.15, 0.2) is 4.99 Å². The Morgan fingerprint density at radius 3 is 2.94 bits per heavy atom. The van der Waals surface area contributed by atoms with Gasteiger partial charge in [-0.25, -0.2) is 4.99 Å². The van der Waals surface area contributed by atoms with Crippen LogP contribution in [0.1, 0.15) is 33.1 Å². The Bertz CT molecular complexity index is 332. The van der Waals surface area contributed by atoms with E-state index in [1.54, 1.807) is 0 Å². The molecule has 2 aliphatic rings. The van der Waals surface area contributed by atoms with Gasteiger partial charge in [-0.05, 0) is 18.3 Å². The first kappa shape index (κ1) is 12.2. The molecule has 17 heavy (non-hydrogen) atoms. The molecule has 0 radical (unpaired) electrons. The van der Waals surface area contributed by atoms with E-state index in [4.69, 9.17) is 5.26 Å². The highest BCUT2D eigenvalue weighted by atomic mass is 15.4. The van der Waals surface area contributed by atoms with E-state index >= 15 is 0 Å². The van der Waals surface area contributed by atoms with Crippen molar-refractivity contribution in [1.29, 1.82) is 5.26 Å². The molecule has 0 bridgehead atoms. The van der Waals surface area contributed by atoms with Crippen LogP contribution in [0.25, 0.3) is 0 Å². The van der Waals surface area contributed by atoms with Gasteiger partial charge in [0.25, 0.3) is 0 Å². The summed E-state index contributed by atoms with van der Waals surface area (Å²) in [5.41, 5.74) is 0. The average molecular weight is 235 g/mol. The van der Waals surface area contributed by atoms with Gasteiger partial charge >= 0.3 is 0 Å². The molecule has 0 aromatic carbocycles. The molecule has 2 rings (SSSR count). The molecule has 94 valence electrons. The molecule has 1 aliphatic heterocycles. The Kier molecular flexibility index (Phi) is 3.85. The van der Waals surface area contributed by atoms with E-state index in [0.29, 0.717) is 18.7 Å². The molecule has 0 saturated heterocycles. The molecular weight excluding hydrogens is 214 g/mol. The standard InChI is InChI=1S/C12H21N5/c1-9-4-3-5-11(10(9)2)17-7-15-12(14-6-13)16-8-17/h9-11H,3-5,7-8H2,1-2H3,(H2,14,15,16)/t9-,10+,11+/m1/s1. The number of aliphatic imine (C=N–C) groups is 1. The Balaban J connectivity index is 1.94. The van der Waals surface area contributed by atoms with E-state index in [0.717, 1.165) is 18.5 Å². The van der Waals surface area contributed by atoms with Crippen LogP contribution in [0, 0.1) is 23.3 Å². The summed E-state index contributed by atoms with van der Waals surface area (Å²) in [6.07, 6.45) is 5.82. The number of guanidine groups is 1. The van der Waals surface area contributed by atoms with E-state index in [2.05, 4.69) is 34.4 Å². The number of nitrogens with zero attached hydrogens (tertiary/aromatic N) is 3. The fourth-order valence-corrected chi connectivity index (χ4v) is 2.87. The number of nitrogens with one attached hydrogen (secondary N) is 2. The van der Waals surface area contributed by atoms with Gasteiger partial charge in [0, 0.05) is 6.04 Å². The summed E-state index contributed by atoms with van der Waals surface area (Å²) in [4.78, 5) is 6.71. The minimum atomic E-state index is 0.597. The second-order valence-corrected chi connectivity index (χ2v) is 5.14. The van der Waals surface area contributed by atoms with Crippen molar-refractivity contribution in [3.05, 3.63) is 0 Å². The van der Waals surface area contributed by atoms with E-state index in [9.17, 15) is 0 Å². The van der Waals surface area contributed by atoms with Crippen LogP contribution in [-0.2, 0) is 0 Å². The number of rotatable bonds is 1. The number of nitriles is 1. The summed E-state index contributed by atoms with van der Waals surface area (Å²) in [7, 11) is 0. The summed E-state index contributed by atoms with van der Waals surface area (Å²) in [5, 5.41) is 14.2. The van der Waals surface area contributed by atoms with Gasteiger partial charge in [-0.15, -0.1) is 0 Å². The maximum absolute atomic E-state index is 8.51. The van der Waals surface area contributed by atoms with Crippen LogP contribution in [0.2, 0.25) is 0 Å². The predicted molar refractivity (Wildman–Crippen MR) is 66.9 cm³/mol. The van der Waals surface area contributed by atoms with Gasteiger partial charge in [0.2, 0.25) is 5.96 Å². The van der Waals surface area contributed by atoms with Crippen LogP contribution in [0.4, 0.5) is 0 Å². The number of hydrogen-bond donors (Lipinski definition) is 2. The van der Waals surface area contributed by atoms with Gasteiger partial charge in [-0.2, -0.15) is 5.26 Å². The zero-order valence-electron chi connectivity index (χ0n) is 10.6. The van der Waals surface area contributed by atoms with Gasteiger partial charge in [0.15, 0.2) is 6.19 Å². The average Bonchev–Trinajstić information content (AvgIpc) is 2.34. The van der Waals surface area contributed by atoms with E-state index < -0.39 is 0 Å². The summed E-state index contributed by atoms with van der Waals surface area (Å²) >= 11 is 0. The van der Waals surface area contributed by atoms with Crippen molar-refractivity contribution in [2.75, 3.05) is 13.3 Å². The largest absolute Gasteiger partial charge is 0.343 e. The summed E-state index contributed by atoms with van der Waals surface area (Å²) < 4.78 is 0.